The summed E-state index contributed by atoms with van der Waals surface area (Å²) in [4.78, 5) is 13.3. The van der Waals surface area contributed by atoms with E-state index in [-0.39, 0.29) is 17.3 Å². The van der Waals surface area contributed by atoms with E-state index in [2.05, 4.69) is 5.32 Å². The van der Waals surface area contributed by atoms with Crippen LogP contribution in [0.25, 0.3) is 0 Å². The minimum Gasteiger partial charge on any atom is -0.397 e. The summed E-state index contributed by atoms with van der Waals surface area (Å²) in [6.07, 6.45) is 1.12. The normalized spacial score (nSPS) is 11.1. The van der Waals surface area contributed by atoms with E-state index in [1.165, 1.54) is 12.1 Å². The van der Waals surface area contributed by atoms with E-state index in [9.17, 15) is 13.2 Å². The minimum absolute atomic E-state index is 0.0610. The number of amides is 1. The smallest absolute Gasteiger partial charge is 0.241 e. The van der Waals surface area contributed by atoms with Crippen LogP contribution in [0.15, 0.2) is 23.1 Å². The molecule has 1 aromatic carbocycles. The SMILES string of the molecule is CCN(C)C(=O)CNc1ccc(S(C)(=O)=O)cc1N. The molecule has 0 saturated heterocycles. The molecule has 0 spiro atoms. The van der Waals surface area contributed by atoms with Gasteiger partial charge in [0.15, 0.2) is 9.84 Å². The van der Waals surface area contributed by atoms with E-state index in [1.807, 2.05) is 6.92 Å². The number of nitrogen functional groups attached to an aromatic ring is 1. The summed E-state index contributed by atoms with van der Waals surface area (Å²) >= 11 is 0. The summed E-state index contributed by atoms with van der Waals surface area (Å²) in [5.41, 5.74) is 6.61. The second-order valence-corrected chi connectivity index (χ2v) is 6.30. The van der Waals surface area contributed by atoms with Gasteiger partial charge in [-0.2, -0.15) is 0 Å². The standard InChI is InChI=1S/C12H19N3O3S/c1-4-15(2)12(16)8-14-11-6-5-9(7-10(11)13)19(3,17)18/h5-7,14H,4,8,13H2,1-3H3. The number of hydrogen-bond donors (Lipinski definition) is 2. The zero-order valence-corrected chi connectivity index (χ0v) is 12.1. The Morgan fingerprint density at radius 3 is 2.53 bits per heavy atom. The van der Waals surface area contributed by atoms with Gasteiger partial charge in [-0.25, -0.2) is 8.42 Å². The molecule has 106 valence electrons. The van der Waals surface area contributed by atoms with E-state index >= 15 is 0 Å². The highest BCUT2D eigenvalue weighted by molar-refractivity contribution is 7.90. The van der Waals surface area contributed by atoms with E-state index in [4.69, 9.17) is 5.73 Å². The minimum atomic E-state index is -3.27. The maximum atomic E-state index is 11.6. The van der Waals surface area contributed by atoms with Crippen LogP contribution in [0.2, 0.25) is 0 Å². The molecule has 0 aliphatic heterocycles. The molecular formula is C12H19N3O3S. The van der Waals surface area contributed by atoms with Crippen LogP contribution in [0.3, 0.4) is 0 Å². The van der Waals surface area contributed by atoms with E-state index < -0.39 is 9.84 Å². The summed E-state index contributed by atoms with van der Waals surface area (Å²) in [5.74, 6) is -0.0610. The number of carbonyl (C=O) groups excluding carboxylic acids is 1. The fourth-order valence-electron chi connectivity index (χ4n) is 1.41. The molecule has 7 heteroatoms. The van der Waals surface area contributed by atoms with Crippen molar-refractivity contribution in [3.63, 3.8) is 0 Å². The van der Waals surface area contributed by atoms with E-state index in [0.717, 1.165) is 6.26 Å². The van der Waals surface area contributed by atoms with Crippen LogP contribution < -0.4 is 11.1 Å². The van der Waals surface area contributed by atoms with E-state index in [1.54, 1.807) is 18.0 Å². The van der Waals surface area contributed by atoms with Crippen LogP contribution >= 0.6 is 0 Å². The highest BCUT2D eigenvalue weighted by atomic mass is 32.2. The summed E-state index contributed by atoms with van der Waals surface area (Å²) in [7, 11) is -1.57. The van der Waals surface area contributed by atoms with Gasteiger partial charge in [0, 0.05) is 19.8 Å². The number of rotatable bonds is 5. The van der Waals surface area contributed by atoms with Crippen LogP contribution in [0.4, 0.5) is 11.4 Å². The number of nitrogens with one attached hydrogen (secondary N) is 1. The molecule has 0 aliphatic carbocycles. The van der Waals surface area contributed by atoms with Crippen molar-refractivity contribution in [2.75, 3.05) is 37.4 Å². The molecular weight excluding hydrogens is 266 g/mol. The van der Waals surface area contributed by atoms with Crippen molar-refractivity contribution in [2.24, 2.45) is 0 Å². The highest BCUT2D eigenvalue weighted by Gasteiger charge is 2.11. The van der Waals surface area contributed by atoms with E-state index in [0.29, 0.717) is 17.9 Å². The largest absolute Gasteiger partial charge is 0.397 e. The second-order valence-electron chi connectivity index (χ2n) is 4.28. The number of nitrogens with zero attached hydrogens (tertiary/aromatic N) is 1. The van der Waals surface area contributed by atoms with Crippen molar-refractivity contribution in [3.8, 4) is 0 Å². The van der Waals surface area contributed by atoms with Gasteiger partial charge in [-0.15, -0.1) is 0 Å². The first kappa shape index (κ1) is 15.3. The van der Waals surface area contributed by atoms with Crippen LogP contribution in [-0.4, -0.2) is 45.6 Å². The number of sulfone groups is 1. The average molecular weight is 285 g/mol. The van der Waals surface area contributed by atoms with Crippen LogP contribution in [0.1, 0.15) is 6.92 Å². The molecule has 0 aliphatic rings. The monoisotopic (exact) mass is 285 g/mol. The molecule has 0 saturated carbocycles. The van der Waals surface area contributed by atoms with Gasteiger partial charge in [0.25, 0.3) is 0 Å². The fourth-order valence-corrected chi connectivity index (χ4v) is 2.07. The third kappa shape index (κ3) is 4.13. The highest BCUT2D eigenvalue weighted by Crippen LogP contribution is 2.22. The predicted molar refractivity (Wildman–Crippen MR) is 75.8 cm³/mol. The summed E-state index contributed by atoms with van der Waals surface area (Å²) in [5, 5.41) is 2.90. The number of carbonyl (C=O) groups is 1. The Bertz CT molecular complexity index is 570. The zero-order chi connectivity index (χ0) is 14.6. The molecule has 1 amide bonds. The summed E-state index contributed by atoms with van der Waals surface area (Å²) in [6, 6.07) is 4.40. The van der Waals surface area contributed by atoms with Gasteiger partial charge in [-0.3, -0.25) is 4.79 Å². The lowest BCUT2D eigenvalue weighted by molar-refractivity contribution is -0.127. The number of anilines is 2. The number of benzene rings is 1. The Hall–Kier alpha value is -1.76. The van der Waals surface area contributed by atoms with Crippen LogP contribution in [0, 0.1) is 0 Å². The molecule has 0 atom stereocenters. The molecule has 0 unspecified atom stereocenters. The van der Waals surface area contributed by atoms with Gasteiger partial charge in [0.05, 0.1) is 22.8 Å². The summed E-state index contributed by atoms with van der Waals surface area (Å²) < 4.78 is 22.7. The lowest BCUT2D eigenvalue weighted by atomic mass is 10.2. The molecule has 6 nitrogen and oxygen atoms in total. The Morgan fingerprint density at radius 1 is 1.42 bits per heavy atom. The molecule has 0 fully saturated rings. The lowest BCUT2D eigenvalue weighted by Gasteiger charge is -2.16. The maximum absolute atomic E-state index is 11.6. The van der Waals surface area contributed by atoms with Gasteiger partial charge < -0.3 is 16.0 Å². The van der Waals surface area contributed by atoms with Crippen molar-refractivity contribution < 1.29 is 13.2 Å². The van der Waals surface area contributed by atoms with Crippen molar-refractivity contribution in [2.45, 2.75) is 11.8 Å². The summed E-state index contributed by atoms with van der Waals surface area (Å²) in [6.45, 7) is 2.63. The second kappa shape index (κ2) is 5.92. The third-order valence-electron chi connectivity index (χ3n) is 2.78. The third-order valence-corrected chi connectivity index (χ3v) is 3.89. The number of hydrogen-bond acceptors (Lipinski definition) is 5. The molecule has 0 heterocycles. The Morgan fingerprint density at radius 2 is 2.05 bits per heavy atom. The predicted octanol–water partition coefficient (Wildman–Crippen LogP) is 0.563. The molecule has 1 rings (SSSR count). The van der Waals surface area contributed by atoms with Gasteiger partial charge in [0.1, 0.15) is 0 Å². The van der Waals surface area contributed by atoms with Gasteiger partial charge in [-0.05, 0) is 25.1 Å². The zero-order valence-electron chi connectivity index (χ0n) is 11.3. The average Bonchev–Trinajstić information content (AvgIpc) is 2.34. The fraction of sp³-hybridized carbons (Fsp3) is 0.417. The molecule has 19 heavy (non-hydrogen) atoms. The van der Waals surface area contributed by atoms with Crippen LogP contribution in [0.5, 0.6) is 0 Å². The van der Waals surface area contributed by atoms with Gasteiger partial charge >= 0.3 is 0 Å². The first-order valence-electron chi connectivity index (χ1n) is 5.83. The topological polar surface area (TPSA) is 92.5 Å². The van der Waals surface area contributed by atoms with Crippen molar-refractivity contribution >= 4 is 27.1 Å². The number of nitrogens with two attached hydrogens (primary N) is 1. The Labute approximate surface area is 113 Å². The van der Waals surface area contributed by atoms with Crippen molar-refractivity contribution in [3.05, 3.63) is 18.2 Å². The maximum Gasteiger partial charge on any atom is 0.241 e. The molecule has 0 bridgehead atoms. The molecule has 3 N–H and O–H groups in total. The van der Waals surface area contributed by atoms with Crippen molar-refractivity contribution in [1.29, 1.82) is 0 Å². The quantitative estimate of drug-likeness (QED) is 0.771. The van der Waals surface area contributed by atoms with Crippen LogP contribution in [-0.2, 0) is 14.6 Å². The Balaban J connectivity index is 2.79. The molecule has 0 aromatic heterocycles. The number of likely N-dealkylation sites (N-methyl/N-ethyl adjacent to an activating group) is 1. The van der Waals surface area contributed by atoms with Gasteiger partial charge in [0.2, 0.25) is 5.91 Å². The first-order chi connectivity index (χ1) is 8.75. The van der Waals surface area contributed by atoms with Gasteiger partial charge in [-0.1, -0.05) is 0 Å². The molecule has 0 radical (unpaired) electrons. The Kier molecular flexibility index (Phi) is 4.77. The first-order valence-corrected chi connectivity index (χ1v) is 7.72. The van der Waals surface area contributed by atoms with Crippen molar-refractivity contribution in [1.82, 2.24) is 4.90 Å². The lowest BCUT2D eigenvalue weighted by Crippen LogP contribution is -2.32. The molecule has 1 aromatic rings.